The van der Waals surface area contributed by atoms with Gasteiger partial charge in [-0.25, -0.2) is 0 Å². The number of hydrogen-bond acceptors (Lipinski definition) is 3. The van der Waals surface area contributed by atoms with Gasteiger partial charge in [-0.3, -0.25) is 5.32 Å². The van der Waals surface area contributed by atoms with Crippen LogP contribution < -0.4 is 10.1 Å². The molecule has 1 unspecified atom stereocenters. The van der Waals surface area contributed by atoms with Gasteiger partial charge in [-0.15, -0.1) is 0 Å². The fourth-order valence-electron chi connectivity index (χ4n) is 1.49. The number of nitriles is 1. The lowest BCUT2D eigenvalue weighted by Gasteiger charge is -2.13. The van der Waals surface area contributed by atoms with Crippen molar-refractivity contribution in [3.8, 4) is 11.8 Å². The lowest BCUT2D eigenvalue weighted by molar-refractivity contribution is 0.406. The van der Waals surface area contributed by atoms with E-state index >= 15 is 0 Å². The van der Waals surface area contributed by atoms with Crippen LogP contribution in [-0.4, -0.2) is 13.2 Å². The average molecular weight is 218 g/mol. The number of rotatable bonds is 4. The Balaban J connectivity index is 2.87. The molecule has 0 aliphatic rings. The van der Waals surface area contributed by atoms with Gasteiger partial charge in [0.1, 0.15) is 5.75 Å². The van der Waals surface area contributed by atoms with Gasteiger partial charge in [0.2, 0.25) is 0 Å². The minimum atomic E-state index is -0.147. The van der Waals surface area contributed by atoms with Crippen molar-refractivity contribution in [2.24, 2.45) is 0 Å². The number of benzene rings is 1. The minimum absolute atomic E-state index is 0.147. The quantitative estimate of drug-likeness (QED) is 0.843. The van der Waals surface area contributed by atoms with Gasteiger partial charge in [0.15, 0.2) is 0 Å². The second-order valence-electron chi connectivity index (χ2n) is 3.98. The Morgan fingerprint density at radius 3 is 2.56 bits per heavy atom. The van der Waals surface area contributed by atoms with Crippen molar-refractivity contribution in [3.05, 3.63) is 28.8 Å². The summed E-state index contributed by atoms with van der Waals surface area (Å²) in [4.78, 5) is 0. The predicted octanol–water partition coefficient (Wildman–Crippen LogP) is 2.31. The Hall–Kier alpha value is -1.53. The molecule has 0 aromatic heterocycles. The van der Waals surface area contributed by atoms with Crippen molar-refractivity contribution in [2.45, 2.75) is 33.4 Å². The Morgan fingerprint density at radius 1 is 1.38 bits per heavy atom. The molecule has 0 bridgehead atoms. The van der Waals surface area contributed by atoms with E-state index in [0.29, 0.717) is 6.54 Å². The molecule has 3 nitrogen and oxygen atoms in total. The summed E-state index contributed by atoms with van der Waals surface area (Å²) in [7, 11) is 1.67. The fourth-order valence-corrected chi connectivity index (χ4v) is 1.49. The highest BCUT2D eigenvalue weighted by atomic mass is 16.5. The molecule has 86 valence electrons. The number of nitrogens with zero attached hydrogens (tertiary/aromatic N) is 1. The molecule has 3 heteroatoms. The average Bonchev–Trinajstić information content (AvgIpc) is 2.29. The summed E-state index contributed by atoms with van der Waals surface area (Å²) in [5, 5.41) is 11.8. The molecule has 1 aromatic carbocycles. The summed E-state index contributed by atoms with van der Waals surface area (Å²) in [5.41, 5.74) is 3.55. The summed E-state index contributed by atoms with van der Waals surface area (Å²) in [6.07, 6.45) is 0. The second kappa shape index (κ2) is 5.53. The van der Waals surface area contributed by atoms with Gasteiger partial charge >= 0.3 is 0 Å². The zero-order chi connectivity index (χ0) is 12.1. The molecule has 1 rings (SSSR count). The number of methoxy groups -OCH3 is 1. The van der Waals surface area contributed by atoms with Gasteiger partial charge in [0.25, 0.3) is 0 Å². The van der Waals surface area contributed by atoms with E-state index < -0.39 is 0 Å². The number of nitrogens with one attached hydrogen (secondary N) is 1. The van der Waals surface area contributed by atoms with E-state index in [1.165, 1.54) is 11.1 Å². The van der Waals surface area contributed by atoms with Crippen LogP contribution in [-0.2, 0) is 6.54 Å². The maximum Gasteiger partial charge on any atom is 0.123 e. The molecule has 0 saturated carbocycles. The molecular weight excluding hydrogens is 200 g/mol. The summed E-state index contributed by atoms with van der Waals surface area (Å²) in [6.45, 7) is 6.63. The molecule has 1 aromatic rings. The van der Waals surface area contributed by atoms with Crippen LogP contribution in [0, 0.1) is 25.2 Å². The Kier molecular flexibility index (Phi) is 4.33. The summed E-state index contributed by atoms with van der Waals surface area (Å²) in [6, 6.07) is 6.13. The van der Waals surface area contributed by atoms with Crippen molar-refractivity contribution in [2.75, 3.05) is 7.11 Å². The molecular formula is C13H18N2O. The van der Waals surface area contributed by atoms with E-state index in [-0.39, 0.29) is 6.04 Å². The van der Waals surface area contributed by atoms with Crippen LogP contribution in [0.25, 0.3) is 0 Å². The lowest BCUT2D eigenvalue weighted by Crippen LogP contribution is -2.23. The zero-order valence-corrected chi connectivity index (χ0v) is 10.3. The van der Waals surface area contributed by atoms with E-state index in [4.69, 9.17) is 10.00 Å². The van der Waals surface area contributed by atoms with E-state index in [2.05, 4.69) is 31.3 Å². The Morgan fingerprint density at radius 2 is 2.00 bits per heavy atom. The van der Waals surface area contributed by atoms with E-state index in [9.17, 15) is 0 Å². The van der Waals surface area contributed by atoms with Crippen LogP contribution in [0.4, 0.5) is 0 Å². The second-order valence-corrected chi connectivity index (χ2v) is 3.98. The lowest BCUT2D eigenvalue weighted by atomic mass is 10.0. The van der Waals surface area contributed by atoms with Gasteiger partial charge in [0.05, 0.1) is 19.2 Å². The van der Waals surface area contributed by atoms with Crippen LogP contribution >= 0.6 is 0 Å². The molecule has 0 aliphatic heterocycles. The third-order valence-corrected chi connectivity index (χ3v) is 2.69. The standard InChI is InChI=1S/C13H18N2O/c1-9-5-12(8-15-11(3)7-14)13(16-4)6-10(9)2/h5-6,11,15H,8H2,1-4H3. The van der Waals surface area contributed by atoms with Crippen LogP contribution in [0.5, 0.6) is 5.75 Å². The van der Waals surface area contributed by atoms with Crippen LogP contribution in [0.3, 0.4) is 0 Å². The maximum atomic E-state index is 8.69. The first kappa shape index (κ1) is 12.5. The molecule has 0 heterocycles. The van der Waals surface area contributed by atoms with Gasteiger partial charge in [-0.2, -0.15) is 5.26 Å². The maximum absolute atomic E-state index is 8.69. The van der Waals surface area contributed by atoms with Crippen molar-refractivity contribution in [1.29, 1.82) is 5.26 Å². The van der Waals surface area contributed by atoms with Crippen molar-refractivity contribution >= 4 is 0 Å². The molecule has 0 amide bonds. The Labute approximate surface area is 97.0 Å². The molecule has 0 spiro atoms. The number of aryl methyl sites for hydroxylation is 2. The highest BCUT2D eigenvalue weighted by Gasteiger charge is 2.07. The third-order valence-electron chi connectivity index (χ3n) is 2.69. The first-order chi connectivity index (χ1) is 7.58. The highest BCUT2D eigenvalue weighted by molar-refractivity contribution is 5.41. The van der Waals surface area contributed by atoms with E-state index in [1.54, 1.807) is 7.11 Å². The molecule has 16 heavy (non-hydrogen) atoms. The first-order valence-electron chi connectivity index (χ1n) is 5.35. The van der Waals surface area contributed by atoms with Gasteiger partial charge in [-0.1, -0.05) is 6.07 Å². The fraction of sp³-hybridized carbons (Fsp3) is 0.462. The molecule has 1 atom stereocenters. The zero-order valence-electron chi connectivity index (χ0n) is 10.3. The normalized spacial score (nSPS) is 11.9. The van der Waals surface area contributed by atoms with Crippen molar-refractivity contribution in [3.63, 3.8) is 0 Å². The molecule has 0 aliphatic carbocycles. The predicted molar refractivity (Wildman–Crippen MR) is 64.4 cm³/mol. The largest absolute Gasteiger partial charge is 0.496 e. The monoisotopic (exact) mass is 218 g/mol. The summed E-state index contributed by atoms with van der Waals surface area (Å²) >= 11 is 0. The van der Waals surface area contributed by atoms with Crippen LogP contribution in [0.15, 0.2) is 12.1 Å². The van der Waals surface area contributed by atoms with Crippen molar-refractivity contribution < 1.29 is 4.74 Å². The smallest absolute Gasteiger partial charge is 0.123 e. The van der Waals surface area contributed by atoms with Crippen molar-refractivity contribution in [1.82, 2.24) is 5.32 Å². The summed E-state index contributed by atoms with van der Waals surface area (Å²) in [5.74, 6) is 0.876. The molecule has 0 radical (unpaired) electrons. The van der Waals surface area contributed by atoms with Gasteiger partial charge < -0.3 is 4.74 Å². The first-order valence-corrected chi connectivity index (χ1v) is 5.35. The number of hydrogen-bond donors (Lipinski definition) is 1. The van der Waals surface area contributed by atoms with E-state index in [1.807, 2.05) is 13.0 Å². The van der Waals surface area contributed by atoms with E-state index in [0.717, 1.165) is 11.3 Å². The van der Waals surface area contributed by atoms with Crippen LogP contribution in [0.1, 0.15) is 23.6 Å². The molecule has 0 saturated heterocycles. The van der Waals surface area contributed by atoms with Crippen LogP contribution in [0.2, 0.25) is 0 Å². The number of ether oxygens (including phenoxy) is 1. The SMILES string of the molecule is COc1cc(C)c(C)cc1CNC(C)C#N. The minimum Gasteiger partial charge on any atom is -0.496 e. The Bertz CT molecular complexity index is 407. The highest BCUT2D eigenvalue weighted by Crippen LogP contribution is 2.22. The van der Waals surface area contributed by atoms with Gasteiger partial charge in [-0.05, 0) is 38.0 Å². The summed E-state index contributed by atoms with van der Waals surface area (Å²) < 4.78 is 5.32. The van der Waals surface area contributed by atoms with Gasteiger partial charge in [0, 0.05) is 12.1 Å². The topological polar surface area (TPSA) is 45.0 Å². The molecule has 1 N–H and O–H groups in total. The third kappa shape index (κ3) is 2.98. The molecule has 0 fully saturated rings.